The highest BCUT2D eigenvalue weighted by atomic mass is 16.4. The van der Waals surface area contributed by atoms with Crippen molar-refractivity contribution in [2.45, 2.75) is 51.6 Å². The Morgan fingerprint density at radius 2 is 1.86 bits per heavy atom. The minimum atomic E-state index is -1.39. The Balaban J connectivity index is 1.74. The maximum absolute atomic E-state index is 13.7. The monoisotopic (exact) mass is 499 g/mol. The van der Waals surface area contributed by atoms with Crippen molar-refractivity contribution in [3.63, 3.8) is 0 Å². The summed E-state index contributed by atoms with van der Waals surface area (Å²) in [6, 6.07) is 3.83. The Labute approximate surface area is 209 Å². The second-order valence-corrected chi connectivity index (χ2v) is 9.37. The predicted octanol–water partition coefficient (Wildman–Crippen LogP) is 2.84. The molecule has 1 aromatic carbocycles. The number of amides is 5. The fourth-order valence-corrected chi connectivity index (χ4v) is 4.95. The third-order valence-corrected chi connectivity index (χ3v) is 6.83. The SMILES string of the molecule is CCCNC(=O)Nc1ccc2c(c1)c(C(=O)N1CC3CCC1CN3C)nn2C(=O)N(CCC)C(=O)O. The van der Waals surface area contributed by atoms with E-state index in [1.165, 1.54) is 0 Å². The number of urea groups is 1. The van der Waals surface area contributed by atoms with E-state index in [0.29, 0.717) is 41.0 Å². The van der Waals surface area contributed by atoms with E-state index >= 15 is 0 Å². The number of rotatable bonds is 6. The molecular formula is C24H33N7O5. The maximum Gasteiger partial charge on any atom is 0.415 e. The Bertz CT molecular complexity index is 1180. The molecule has 3 aliphatic heterocycles. The highest BCUT2D eigenvalue weighted by Crippen LogP contribution is 2.31. The highest BCUT2D eigenvalue weighted by molar-refractivity contribution is 6.09. The van der Waals surface area contributed by atoms with Crippen molar-refractivity contribution in [2.24, 2.45) is 0 Å². The molecule has 3 aliphatic rings. The van der Waals surface area contributed by atoms with Crippen molar-refractivity contribution >= 4 is 40.7 Å². The summed E-state index contributed by atoms with van der Waals surface area (Å²) in [6.07, 6.45) is 1.75. The van der Waals surface area contributed by atoms with Crippen molar-refractivity contribution in [1.29, 1.82) is 0 Å². The number of carbonyl (C=O) groups excluding carboxylic acids is 3. The molecule has 2 atom stereocenters. The fourth-order valence-electron chi connectivity index (χ4n) is 4.95. The molecule has 2 aromatic rings. The van der Waals surface area contributed by atoms with Gasteiger partial charge in [-0.05, 0) is 50.9 Å². The van der Waals surface area contributed by atoms with E-state index in [2.05, 4.69) is 27.7 Å². The molecule has 0 saturated carbocycles. The van der Waals surface area contributed by atoms with E-state index in [4.69, 9.17) is 0 Å². The first kappa shape index (κ1) is 25.4. The summed E-state index contributed by atoms with van der Waals surface area (Å²) in [5.74, 6) is -0.306. The first-order valence-electron chi connectivity index (χ1n) is 12.4. The molecule has 5 rings (SSSR count). The fraction of sp³-hybridized carbons (Fsp3) is 0.542. The topological polar surface area (TPSA) is 140 Å². The Kier molecular flexibility index (Phi) is 7.43. The lowest BCUT2D eigenvalue weighted by Crippen LogP contribution is -2.62. The molecule has 1 aromatic heterocycles. The standard InChI is InChI=1S/C24H33N7O5/c1-4-10-25-22(33)26-15-6-9-19-18(12-15)20(27-31(19)23(34)29(11-5-2)24(35)36)21(32)30-14-16-7-8-17(30)13-28(16)3/h6,9,12,16-17H,4-5,7-8,10-11,13-14H2,1-3H3,(H,35,36)(H2,25,26,33). The molecule has 36 heavy (non-hydrogen) atoms. The van der Waals surface area contributed by atoms with Gasteiger partial charge < -0.3 is 20.6 Å². The molecule has 12 heteroatoms. The normalized spacial score (nSPS) is 19.4. The largest absolute Gasteiger partial charge is 0.465 e. The van der Waals surface area contributed by atoms with Crippen LogP contribution in [0, 0.1) is 0 Å². The van der Waals surface area contributed by atoms with Gasteiger partial charge in [0.2, 0.25) is 0 Å². The summed E-state index contributed by atoms with van der Waals surface area (Å²) in [4.78, 5) is 55.6. The molecule has 0 aliphatic carbocycles. The quantitative estimate of drug-likeness (QED) is 0.555. The number of aromatic nitrogens is 2. The van der Waals surface area contributed by atoms with Gasteiger partial charge in [-0.15, -0.1) is 0 Å². The van der Waals surface area contributed by atoms with Crippen LogP contribution >= 0.6 is 0 Å². The van der Waals surface area contributed by atoms with E-state index < -0.39 is 12.1 Å². The number of piperidine rings is 2. The van der Waals surface area contributed by atoms with Crippen LogP contribution in [0.3, 0.4) is 0 Å². The number of piperazine rings is 1. The van der Waals surface area contributed by atoms with Gasteiger partial charge in [0.15, 0.2) is 5.69 Å². The number of hydrogen-bond acceptors (Lipinski definition) is 6. The molecule has 194 valence electrons. The van der Waals surface area contributed by atoms with E-state index in [-0.39, 0.29) is 36.3 Å². The van der Waals surface area contributed by atoms with Crippen LogP contribution in [-0.4, -0.2) is 99.0 Å². The zero-order valence-electron chi connectivity index (χ0n) is 20.9. The molecule has 0 spiro atoms. The van der Waals surface area contributed by atoms with Crippen molar-refractivity contribution in [2.75, 3.05) is 38.5 Å². The third kappa shape index (κ3) is 4.85. The summed E-state index contributed by atoms with van der Waals surface area (Å²) in [5, 5.41) is 19.8. The number of benzene rings is 1. The molecule has 3 N–H and O–H groups in total. The lowest BCUT2D eigenvalue weighted by molar-refractivity contribution is -0.000354. The van der Waals surface area contributed by atoms with Gasteiger partial charge in [0.25, 0.3) is 5.91 Å². The Hall–Kier alpha value is -3.67. The van der Waals surface area contributed by atoms with E-state index in [0.717, 1.165) is 30.5 Å². The average Bonchev–Trinajstić information content (AvgIpc) is 3.24. The maximum atomic E-state index is 13.7. The van der Waals surface area contributed by atoms with Gasteiger partial charge in [-0.1, -0.05) is 13.8 Å². The number of imide groups is 1. The van der Waals surface area contributed by atoms with Crippen molar-refractivity contribution < 1.29 is 24.3 Å². The van der Waals surface area contributed by atoms with Crippen molar-refractivity contribution in [1.82, 2.24) is 29.8 Å². The van der Waals surface area contributed by atoms with Crippen LogP contribution in [0.1, 0.15) is 50.0 Å². The number of carboxylic acid groups (broad SMARTS) is 1. The highest BCUT2D eigenvalue weighted by Gasteiger charge is 2.41. The molecule has 12 nitrogen and oxygen atoms in total. The predicted molar refractivity (Wildman–Crippen MR) is 133 cm³/mol. The number of fused-ring (bicyclic) bond motifs is 4. The average molecular weight is 500 g/mol. The summed E-state index contributed by atoms with van der Waals surface area (Å²) >= 11 is 0. The molecule has 2 unspecified atom stereocenters. The van der Waals surface area contributed by atoms with Crippen LogP contribution in [-0.2, 0) is 0 Å². The Morgan fingerprint density at radius 3 is 2.47 bits per heavy atom. The van der Waals surface area contributed by atoms with Gasteiger partial charge in [-0.3, -0.25) is 9.69 Å². The molecular weight excluding hydrogens is 466 g/mol. The molecule has 3 saturated heterocycles. The number of hydrogen-bond donors (Lipinski definition) is 3. The molecule has 3 fully saturated rings. The van der Waals surface area contributed by atoms with Gasteiger partial charge in [-0.25, -0.2) is 19.3 Å². The summed E-state index contributed by atoms with van der Waals surface area (Å²) in [7, 11) is 2.05. The lowest BCUT2D eigenvalue weighted by Gasteiger charge is -2.50. The van der Waals surface area contributed by atoms with E-state index in [9.17, 15) is 24.3 Å². The van der Waals surface area contributed by atoms with Crippen LogP contribution in [0.4, 0.5) is 20.1 Å². The second-order valence-electron chi connectivity index (χ2n) is 9.37. The smallest absolute Gasteiger partial charge is 0.415 e. The number of nitrogens with zero attached hydrogens (tertiary/aromatic N) is 5. The summed E-state index contributed by atoms with van der Waals surface area (Å²) in [6.45, 7) is 5.55. The lowest BCUT2D eigenvalue weighted by atomic mass is 9.91. The zero-order valence-corrected chi connectivity index (χ0v) is 20.9. The molecule has 0 radical (unpaired) electrons. The molecule has 4 heterocycles. The van der Waals surface area contributed by atoms with Crippen LogP contribution in [0.2, 0.25) is 0 Å². The number of nitrogens with one attached hydrogen (secondary N) is 2. The van der Waals surface area contributed by atoms with Crippen molar-refractivity contribution in [3.8, 4) is 0 Å². The van der Waals surface area contributed by atoms with E-state index in [1.54, 1.807) is 30.0 Å². The van der Waals surface area contributed by atoms with Gasteiger partial charge in [0.05, 0.1) is 5.52 Å². The first-order valence-corrected chi connectivity index (χ1v) is 12.4. The van der Waals surface area contributed by atoms with Gasteiger partial charge in [0.1, 0.15) is 0 Å². The zero-order chi connectivity index (χ0) is 26.0. The van der Waals surface area contributed by atoms with Crippen LogP contribution in [0.25, 0.3) is 10.9 Å². The summed E-state index contributed by atoms with van der Waals surface area (Å²) in [5.41, 5.74) is 0.790. The van der Waals surface area contributed by atoms with Gasteiger partial charge in [-0.2, -0.15) is 9.78 Å². The van der Waals surface area contributed by atoms with Gasteiger partial charge >= 0.3 is 18.2 Å². The van der Waals surface area contributed by atoms with Crippen LogP contribution in [0.5, 0.6) is 0 Å². The number of carbonyl (C=O) groups is 4. The number of likely N-dealkylation sites (N-methyl/N-ethyl adjacent to an activating group) is 1. The van der Waals surface area contributed by atoms with Gasteiger partial charge in [0, 0.05) is 49.3 Å². The van der Waals surface area contributed by atoms with E-state index in [1.807, 2.05) is 6.92 Å². The third-order valence-electron chi connectivity index (χ3n) is 6.83. The first-order chi connectivity index (χ1) is 17.2. The number of anilines is 1. The molecule has 2 bridgehead atoms. The van der Waals surface area contributed by atoms with Crippen LogP contribution < -0.4 is 10.6 Å². The second kappa shape index (κ2) is 10.5. The van der Waals surface area contributed by atoms with Crippen molar-refractivity contribution in [3.05, 3.63) is 23.9 Å². The molecule has 5 amide bonds. The minimum absolute atomic E-state index is 0.00173. The van der Waals surface area contributed by atoms with Crippen LogP contribution in [0.15, 0.2) is 18.2 Å². The summed E-state index contributed by atoms with van der Waals surface area (Å²) < 4.78 is 0.974. The minimum Gasteiger partial charge on any atom is -0.465 e. The Morgan fingerprint density at radius 1 is 1.11 bits per heavy atom.